The van der Waals surface area contributed by atoms with E-state index in [0.29, 0.717) is 6.54 Å². The molecule has 0 radical (unpaired) electrons. The topological polar surface area (TPSA) is 74.2 Å². The van der Waals surface area contributed by atoms with Gasteiger partial charge in [0, 0.05) is 12.7 Å². The maximum atomic E-state index is 12.3. The second-order valence-corrected chi connectivity index (χ2v) is 6.19. The molecular formula is C22H25N3O2. The molecule has 1 unspecified atom stereocenters. The van der Waals surface area contributed by atoms with Crippen LogP contribution in [-0.4, -0.2) is 13.0 Å². The number of hydrogen-bond acceptors (Lipinski definition) is 4. The van der Waals surface area contributed by atoms with Crippen molar-refractivity contribution in [1.82, 2.24) is 10.6 Å². The van der Waals surface area contributed by atoms with Gasteiger partial charge >= 0.3 is 0 Å². The second kappa shape index (κ2) is 10.0. The van der Waals surface area contributed by atoms with Crippen molar-refractivity contribution in [2.24, 2.45) is 0 Å². The van der Waals surface area contributed by atoms with E-state index in [4.69, 9.17) is 4.74 Å². The summed E-state index contributed by atoms with van der Waals surface area (Å²) in [5, 5.41) is 15.2. The highest BCUT2D eigenvalue weighted by Crippen LogP contribution is 2.14. The van der Waals surface area contributed by atoms with E-state index in [9.17, 15) is 10.1 Å². The van der Waals surface area contributed by atoms with E-state index in [1.54, 1.807) is 7.11 Å². The summed E-state index contributed by atoms with van der Waals surface area (Å²) in [5.41, 5.74) is 3.32. The molecule has 0 saturated carbocycles. The number of carbonyl (C=O) groups is 1. The van der Waals surface area contributed by atoms with Crippen LogP contribution in [0.5, 0.6) is 5.75 Å². The minimum absolute atomic E-state index is 0.0422. The molecule has 2 rings (SSSR count). The Hall–Kier alpha value is -3.26. The zero-order valence-electron chi connectivity index (χ0n) is 16.0. The van der Waals surface area contributed by atoms with Crippen molar-refractivity contribution in [3.8, 4) is 11.8 Å². The molecular weight excluding hydrogens is 338 g/mol. The number of nitrogens with one attached hydrogen (secondary N) is 2. The predicted octanol–water partition coefficient (Wildman–Crippen LogP) is 3.63. The Morgan fingerprint density at radius 3 is 2.33 bits per heavy atom. The summed E-state index contributed by atoms with van der Waals surface area (Å²) < 4.78 is 5.12. The van der Waals surface area contributed by atoms with Crippen LogP contribution < -0.4 is 15.4 Å². The number of amides is 1. The Labute approximate surface area is 160 Å². The normalized spacial score (nSPS) is 12.0. The van der Waals surface area contributed by atoms with E-state index in [1.807, 2.05) is 49.4 Å². The van der Waals surface area contributed by atoms with Crippen LogP contribution in [0.4, 0.5) is 0 Å². The van der Waals surface area contributed by atoms with E-state index >= 15 is 0 Å². The predicted molar refractivity (Wildman–Crippen MR) is 106 cm³/mol. The van der Waals surface area contributed by atoms with Crippen LogP contribution in [0, 0.1) is 11.3 Å². The standard InChI is InChI=1S/C22H25N3O2/c1-4-17-5-9-19(10-6-17)16(2)25-22(26)20(13-23)15-24-14-18-7-11-21(27-3)12-8-18/h5-12,15-16,24H,4,14H2,1-3H3,(H,25,26)/b20-15-. The first-order valence-electron chi connectivity index (χ1n) is 8.93. The molecule has 0 heterocycles. The fourth-order valence-corrected chi connectivity index (χ4v) is 2.56. The van der Waals surface area contributed by atoms with E-state index in [2.05, 4.69) is 29.7 Å². The second-order valence-electron chi connectivity index (χ2n) is 6.19. The summed E-state index contributed by atoms with van der Waals surface area (Å²) in [6.07, 6.45) is 2.43. The number of rotatable bonds is 8. The first kappa shape index (κ1) is 20.1. The van der Waals surface area contributed by atoms with E-state index in [-0.39, 0.29) is 11.6 Å². The maximum Gasteiger partial charge on any atom is 0.263 e. The molecule has 0 aliphatic heterocycles. The number of ether oxygens (including phenoxy) is 1. The summed E-state index contributed by atoms with van der Waals surface area (Å²) >= 11 is 0. The van der Waals surface area contributed by atoms with Crippen LogP contribution in [0.1, 0.15) is 36.6 Å². The fraction of sp³-hybridized carbons (Fsp3) is 0.273. The van der Waals surface area contributed by atoms with Crippen LogP contribution in [0.15, 0.2) is 60.3 Å². The Morgan fingerprint density at radius 1 is 1.15 bits per heavy atom. The molecule has 2 N–H and O–H groups in total. The molecule has 5 heteroatoms. The Morgan fingerprint density at radius 2 is 1.78 bits per heavy atom. The first-order chi connectivity index (χ1) is 13.1. The number of methoxy groups -OCH3 is 1. The van der Waals surface area contributed by atoms with Crippen molar-refractivity contribution in [1.29, 1.82) is 5.26 Å². The van der Waals surface area contributed by atoms with Gasteiger partial charge in [-0.25, -0.2) is 0 Å². The Balaban J connectivity index is 1.93. The maximum absolute atomic E-state index is 12.3. The van der Waals surface area contributed by atoms with Gasteiger partial charge in [-0.2, -0.15) is 5.26 Å². The molecule has 5 nitrogen and oxygen atoms in total. The van der Waals surface area contributed by atoms with Crippen molar-refractivity contribution in [3.05, 3.63) is 77.0 Å². The number of carbonyl (C=O) groups excluding carboxylic acids is 1. The highest BCUT2D eigenvalue weighted by Gasteiger charge is 2.13. The molecule has 0 spiro atoms. The minimum Gasteiger partial charge on any atom is -0.497 e. The van der Waals surface area contributed by atoms with Crippen LogP contribution in [-0.2, 0) is 17.8 Å². The molecule has 0 aromatic heterocycles. The minimum atomic E-state index is -0.396. The Kier molecular flexibility index (Phi) is 7.45. The van der Waals surface area contributed by atoms with E-state index in [0.717, 1.165) is 23.3 Å². The first-order valence-corrected chi connectivity index (χ1v) is 8.93. The summed E-state index contributed by atoms with van der Waals surface area (Å²) in [7, 11) is 1.62. The molecule has 0 bridgehead atoms. The molecule has 1 atom stereocenters. The molecule has 0 aliphatic carbocycles. The van der Waals surface area contributed by atoms with E-state index < -0.39 is 5.91 Å². The van der Waals surface area contributed by atoms with Gasteiger partial charge in [-0.05, 0) is 42.2 Å². The number of benzene rings is 2. The Bertz CT molecular complexity index is 818. The van der Waals surface area contributed by atoms with Gasteiger partial charge in [0.05, 0.1) is 13.2 Å². The average Bonchev–Trinajstić information content (AvgIpc) is 2.71. The lowest BCUT2D eigenvalue weighted by atomic mass is 10.0. The number of nitriles is 1. The van der Waals surface area contributed by atoms with Crippen LogP contribution in [0.2, 0.25) is 0 Å². The van der Waals surface area contributed by atoms with E-state index in [1.165, 1.54) is 11.8 Å². The van der Waals surface area contributed by atoms with Gasteiger partial charge in [-0.15, -0.1) is 0 Å². The molecule has 0 fully saturated rings. The SMILES string of the molecule is CCc1ccc(C(C)NC(=O)/C(C#N)=C\NCc2ccc(OC)cc2)cc1. The summed E-state index contributed by atoms with van der Waals surface area (Å²) in [6.45, 7) is 4.51. The highest BCUT2D eigenvalue weighted by atomic mass is 16.5. The largest absolute Gasteiger partial charge is 0.497 e. The van der Waals surface area contributed by atoms with Gasteiger partial charge in [0.25, 0.3) is 5.91 Å². The van der Waals surface area contributed by atoms with Gasteiger partial charge in [-0.1, -0.05) is 43.3 Å². The number of nitrogens with zero attached hydrogens (tertiary/aromatic N) is 1. The van der Waals surface area contributed by atoms with Gasteiger partial charge in [0.2, 0.25) is 0 Å². The molecule has 0 saturated heterocycles. The highest BCUT2D eigenvalue weighted by molar-refractivity contribution is 5.97. The number of hydrogen-bond donors (Lipinski definition) is 2. The van der Waals surface area contributed by atoms with Gasteiger partial charge in [0.1, 0.15) is 17.4 Å². The number of aryl methyl sites for hydroxylation is 1. The third-order valence-corrected chi connectivity index (χ3v) is 4.31. The van der Waals surface area contributed by atoms with Crippen molar-refractivity contribution in [2.45, 2.75) is 32.9 Å². The fourth-order valence-electron chi connectivity index (χ4n) is 2.56. The zero-order chi connectivity index (χ0) is 19.6. The lowest BCUT2D eigenvalue weighted by Crippen LogP contribution is -2.28. The van der Waals surface area contributed by atoms with Crippen molar-refractivity contribution < 1.29 is 9.53 Å². The summed E-state index contributed by atoms with van der Waals surface area (Å²) in [4.78, 5) is 12.3. The molecule has 2 aromatic carbocycles. The molecule has 0 aliphatic rings. The van der Waals surface area contributed by atoms with Crippen LogP contribution in [0.3, 0.4) is 0 Å². The third-order valence-electron chi connectivity index (χ3n) is 4.31. The summed E-state index contributed by atoms with van der Waals surface area (Å²) in [6, 6.07) is 17.5. The zero-order valence-corrected chi connectivity index (χ0v) is 16.0. The van der Waals surface area contributed by atoms with Gasteiger partial charge in [-0.3, -0.25) is 4.79 Å². The van der Waals surface area contributed by atoms with Crippen molar-refractivity contribution >= 4 is 5.91 Å². The van der Waals surface area contributed by atoms with Gasteiger partial charge < -0.3 is 15.4 Å². The quantitative estimate of drug-likeness (QED) is 0.555. The van der Waals surface area contributed by atoms with Crippen molar-refractivity contribution in [2.75, 3.05) is 7.11 Å². The monoisotopic (exact) mass is 363 g/mol. The average molecular weight is 363 g/mol. The van der Waals surface area contributed by atoms with Crippen LogP contribution >= 0.6 is 0 Å². The molecule has 1 amide bonds. The molecule has 2 aromatic rings. The lowest BCUT2D eigenvalue weighted by molar-refractivity contribution is -0.117. The molecule has 140 valence electrons. The summed E-state index contributed by atoms with van der Waals surface area (Å²) in [5.74, 6) is 0.388. The van der Waals surface area contributed by atoms with Crippen LogP contribution in [0.25, 0.3) is 0 Å². The smallest absolute Gasteiger partial charge is 0.263 e. The molecule has 27 heavy (non-hydrogen) atoms. The third kappa shape index (κ3) is 5.89. The van der Waals surface area contributed by atoms with Gasteiger partial charge in [0.15, 0.2) is 0 Å². The lowest BCUT2D eigenvalue weighted by Gasteiger charge is -2.14. The van der Waals surface area contributed by atoms with Crippen molar-refractivity contribution in [3.63, 3.8) is 0 Å².